The molecule has 0 aliphatic rings. The van der Waals surface area contributed by atoms with Gasteiger partial charge in [0.25, 0.3) is 5.91 Å². The Labute approximate surface area is 200 Å². The number of benzene rings is 3. The zero-order valence-corrected chi connectivity index (χ0v) is 19.6. The molecule has 0 saturated heterocycles. The van der Waals surface area contributed by atoms with Crippen LogP contribution in [0.2, 0.25) is 0 Å². The molecule has 8 heteroatoms. The zero-order valence-electron chi connectivity index (χ0n) is 18.0. The summed E-state index contributed by atoms with van der Waals surface area (Å²) in [5.74, 6) is 0.791. The molecule has 1 aromatic heterocycles. The molecule has 0 fully saturated rings. The number of hydrazone groups is 1. The lowest BCUT2D eigenvalue weighted by Gasteiger charge is -2.07. The minimum Gasteiger partial charge on any atom is -0.489 e. The molecule has 1 N–H and O–H groups in total. The van der Waals surface area contributed by atoms with E-state index in [1.54, 1.807) is 6.21 Å². The lowest BCUT2D eigenvalue weighted by atomic mass is 10.1. The van der Waals surface area contributed by atoms with Crippen molar-refractivity contribution in [1.29, 1.82) is 0 Å². The summed E-state index contributed by atoms with van der Waals surface area (Å²) in [6, 6.07) is 25.6. The van der Waals surface area contributed by atoms with Crippen LogP contribution in [0.1, 0.15) is 16.7 Å². The van der Waals surface area contributed by atoms with Crippen LogP contribution < -0.4 is 10.2 Å². The maximum Gasteiger partial charge on any atom is 0.250 e. The van der Waals surface area contributed by atoms with Gasteiger partial charge in [0, 0.05) is 5.56 Å². The number of aromatic nitrogens is 2. The first kappa shape index (κ1) is 22.7. The Morgan fingerprint density at radius 3 is 2.67 bits per heavy atom. The number of rotatable bonds is 9. The number of hydrogen-bond donors (Lipinski definition) is 1. The monoisotopic (exact) mass is 474 g/mol. The van der Waals surface area contributed by atoms with Crippen molar-refractivity contribution in [2.24, 2.45) is 5.10 Å². The molecule has 1 amide bonds. The van der Waals surface area contributed by atoms with Crippen molar-refractivity contribution in [1.82, 2.24) is 15.6 Å². The molecule has 0 spiro atoms. The third-order valence-corrected chi connectivity index (χ3v) is 6.63. The van der Waals surface area contributed by atoms with Crippen LogP contribution in [-0.2, 0) is 11.4 Å². The molecule has 0 radical (unpaired) electrons. The van der Waals surface area contributed by atoms with Gasteiger partial charge in [0.1, 0.15) is 17.4 Å². The van der Waals surface area contributed by atoms with E-state index in [4.69, 9.17) is 4.74 Å². The van der Waals surface area contributed by atoms with Crippen LogP contribution in [-0.4, -0.2) is 28.1 Å². The Hall–Kier alpha value is -3.49. The normalized spacial score (nSPS) is 10.9. The third-order valence-electron chi connectivity index (χ3n) is 4.52. The number of carbonyl (C=O) groups excluding carboxylic acids is 1. The number of ether oxygens (including phenoxy) is 1. The third kappa shape index (κ3) is 7.00. The van der Waals surface area contributed by atoms with Gasteiger partial charge < -0.3 is 4.74 Å². The Kier molecular flexibility index (Phi) is 7.84. The van der Waals surface area contributed by atoms with Crippen molar-refractivity contribution in [3.8, 4) is 16.3 Å². The summed E-state index contributed by atoms with van der Waals surface area (Å²) in [7, 11) is 0. The molecule has 0 atom stereocenters. The van der Waals surface area contributed by atoms with Crippen LogP contribution >= 0.6 is 23.1 Å². The van der Waals surface area contributed by atoms with Gasteiger partial charge in [0.05, 0.1) is 12.0 Å². The van der Waals surface area contributed by atoms with Gasteiger partial charge in [-0.15, -0.1) is 10.2 Å². The molecule has 0 saturated carbocycles. The summed E-state index contributed by atoms with van der Waals surface area (Å²) >= 11 is 2.80. The predicted octanol–water partition coefficient (Wildman–Crippen LogP) is 5.33. The van der Waals surface area contributed by atoms with Gasteiger partial charge >= 0.3 is 0 Å². The molecule has 0 unspecified atom stereocenters. The van der Waals surface area contributed by atoms with Crippen molar-refractivity contribution < 1.29 is 9.53 Å². The molecule has 3 aromatic carbocycles. The molecule has 4 aromatic rings. The van der Waals surface area contributed by atoms with Gasteiger partial charge in [-0.3, -0.25) is 4.79 Å². The second-order valence-corrected chi connectivity index (χ2v) is 9.37. The molecule has 0 aliphatic carbocycles. The zero-order chi connectivity index (χ0) is 22.9. The van der Waals surface area contributed by atoms with Crippen LogP contribution in [0.15, 0.2) is 88.3 Å². The second kappa shape index (κ2) is 11.4. The summed E-state index contributed by atoms with van der Waals surface area (Å²) < 4.78 is 6.57. The van der Waals surface area contributed by atoms with Crippen molar-refractivity contribution >= 4 is 35.2 Å². The van der Waals surface area contributed by atoms with Crippen LogP contribution in [0.4, 0.5) is 0 Å². The first-order valence-corrected chi connectivity index (χ1v) is 12.1. The Morgan fingerprint density at radius 1 is 1.06 bits per heavy atom. The minimum absolute atomic E-state index is 0.203. The van der Waals surface area contributed by atoms with E-state index in [0.29, 0.717) is 6.61 Å². The van der Waals surface area contributed by atoms with Gasteiger partial charge in [-0.1, -0.05) is 83.3 Å². The first-order valence-electron chi connectivity index (χ1n) is 10.3. The quantitative estimate of drug-likeness (QED) is 0.201. The Bertz CT molecular complexity index is 1220. The van der Waals surface area contributed by atoms with Crippen molar-refractivity contribution in [3.05, 3.63) is 95.6 Å². The SMILES string of the molecule is Cc1cccc(COc2ccc(C=NNC(=O)CSc3nnc(-c4ccccc4)s3)cc2)c1. The molecular formula is C25H22N4O2S2. The minimum atomic E-state index is -0.203. The summed E-state index contributed by atoms with van der Waals surface area (Å²) in [4.78, 5) is 12.1. The fourth-order valence-electron chi connectivity index (χ4n) is 2.92. The second-order valence-electron chi connectivity index (χ2n) is 7.17. The average molecular weight is 475 g/mol. The van der Waals surface area contributed by atoms with E-state index in [1.165, 1.54) is 28.7 Å². The fraction of sp³-hybridized carbons (Fsp3) is 0.120. The molecule has 0 aliphatic heterocycles. The number of carbonyl (C=O) groups is 1. The fourth-order valence-corrected chi connectivity index (χ4v) is 4.57. The van der Waals surface area contributed by atoms with E-state index in [0.717, 1.165) is 31.8 Å². The van der Waals surface area contributed by atoms with Gasteiger partial charge in [0.15, 0.2) is 4.34 Å². The number of nitrogens with one attached hydrogen (secondary N) is 1. The largest absolute Gasteiger partial charge is 0.489 e. The van der Waals surface area contributed by atoms with Crippen LogP contribution in [0.3, 0.4) is 0 Å². The van der Waals surface area contributed by atoms with E-state index in [-0.39, 0.29) is 11.7 Å². The Morgan fingerprint density at radius 2 is 1.88 bits per heavy atom. The number of nitrogens with zero attached hydrogens (tertiary/aromatic N) is 3. The predicted molar refractivity (Wildman–Crippen MR) is 134 cm³/mol. The van der Waals surface area contributed by atoms with Crippen LogP contribution in [0, 0.1) is 6.92 Å². The van der Waals surface area contributed by atoms with Crippen molar-refractivity contribution in [3.63, 3.8) is 0 Å². The van der Waals surface area contributed by atoms with Crippen molar-refractivity contribution in [2.75, 3.05) is 5.75 Å². The van der Waals surface area contributed by atoms with E-state index in [9.17, 15) is 4.79 Å². The Balaban J connectivity index is 1.20. The standard InChI is InChI=1S/C25H22N4O2S2/c1-18-6-5-7-20(14-18)16-31-22-12-10-19(11-13-22)15-26-27-23(30)17-32-25-29-28-24(33-25)21-8-3-2-4-9-21/h2-15H,16-17H2,1H3,(H,27,30). The topological polar surface area (TPSA) is 76.5 Å². The molecular weight excluding hydrogens is 452 g/mol. The molecule has 0 bridgehead atoms. The average Bonchev–Trinajstić information content (AvgIpc) is 3.32. The van der Waals surface area contributed by atoms with E-state index in [2.05, 4.69) is 39.8 Å². The molecule has 1 heterocycles. The van der Waals surface area contributed by atoms with E-state index >= 15 is 0 Å². The maximum absolute atomic E-state index is 12.1. The summed E-state index contributed by atoms with van der Waals surface area (Å²) in [6.45, 7) is 2.58. The van der Waals surface area contributed by atoms with Gasteiger partial charge in [-0.05, 0) is 42.3 Å². The molecule has 4 rings (SSSR count). The van der Waals surface area contributed by atoms with Crippen LogP contribution in [0.5, 0.6) is 5.75 Å². The molecule has 33 heavy (non-hydrogen) atoms. The van der Waals surface area contributed by atoms with Crippen LogP contribution in [0.25, 0.3) is 10.6 Å². The number of thioether (sulfide) groups is 1. The maximum atomic E-state index is 12.1. The van der Waals surface area contributed by atoms with E-state index in [1.807, 2.05) is 66.7 Å². The highest BCUT2D eigenvalue weighted by atomic mass is 32.2. The van der Waals surface area contributed by atoms with E-state index < -0.39 is 0 Å². The number of aryl methyl sites for hydroxylation is 1. The smallest absolute Gasteiger partial charge is 0.250 e. The van der Waals surface area contributed by atoms with Gasteiger partial charge in [-0.25, -0.2) is 5.43 Å². The summed E-state index contributed by atoms with van der Waals surface area (Å²) in [5, 5.41) is 13.2. The highest BCUT2D eigenvalue weighted by Gasteiger charge is 2.09. The number of hydrogen-bond acceptors (Lipinski definition) is 7. The molecule has 6 nitrogen and oxygen atoms in total. The van der Waals surface area contributed by atoms with Gasteiger partial charge in [0.2, 0.25) is 0 Å². The summed E-state index contributed by atoms with van der Waals surface area (Å²) in [6.07, 6.45) is 1.60. The summed E-state index contributed by atoms with van der Waals surface area (Å²) in [5.41, 5.74) is 6.76. The molecule has 166 valence electrons. The first-order chi connectivity index (χ1) is 16.2. The number of amides is 1. The van der Waals surface area contributed by atoms with Gasteiger partial charge in [-0.2, -0.15) is 5.10 Å². The highest BCUT2D eigenvalue weighted by Crippen LogP contribution is 2.28. The lowest BCUT2D eigenvalue weighted by Crippen LogP contribution is -2.19. The van der Waals surface area contributed by atoms with Crippen molar-refractivity contribution in [2.45, 2.75) is 17.9 Å². The lowest BCUT2D eigenvalue weighted by molar-refractivity contribution is -0.118. The highest BCUT2D eigenvalue weighted by molar-refractivity contribution is 8.01.